The number of ether oxygens (including phenoxy) is 2. The van der Waals surface area contributed by atoms with Crippen molar-refractivity contribution >= 4 is 23.2 Å². The fraction of sp³-hybridized carbons (Fsp3) is 0.250. The van der Waals surface area contributed by atoms with Crippen LogP contribution in [0.25, 0.3) is 0 Å². The van der Waals surface area contributed by atoms with Crippen molar-refractivity contribution in [2.75, 3.05) is 19.0 Å². The van der Waals surface area contributed by atoms with Crippen LogP contribution in [-0.4, -0.2) is 41.4 Å². The number of hydrogen-bond donors (Lipinski definition) is 1. The van der Waals surface area contributed by atoms with Crippen LogP contribution in [-0.2, 0) is 11.3 Å². The van der Waals surface area contributed by atoms with Crippen molar-refractivity contribution in [2.24, 2.45) is 5.10 Å². The van der Waals surface area contributed by atoms with Crippen LogP contribution in [0.1, 0.15) is 41.4 Å². The molecule has 9 heteroatoms. The molecule has 33 heavy (non-hydrogen) atoms. The van der Waals surface area contributed by atoms with Gasteiger partial charge < -0.3 is 19.3 Å². The maximum absolute atomic E-state index is 12.5. The van der Waals surface area contributed by atoms with E-state index in [1.807, 2.05) is 37.3 Å². The molecule has 1 aliphatic rings. The summed E-state index contributed by atoms with van der Waals surface area (Å²) in [5.41, 5.74) is 3.20. The summed E-state index contributed by atoms with van der Waals surface area (Å²) in [4.78, 5) is 24.6. The topological polar surface area (TPSA) is 106 Å². The van der Waals surface area contributed by atoms with Gasteiger partial charge in [0.05, 0.1) is 32.2 Å². The lowest BCUT2D eigenvalue weighted by molar-refractivity contribution is -0.132. The van der Waals surface area contributed by atoms with Gasteiger partial charge in [0.2, 0.25) is 11.7 Å². The molecule has 1 aromatic heterocycles. The van der Waals surface area contributed by atoms with Crippen molar-refractivity contribution in [3.05, 3.63) is 71.6 Å². The van der Waals surface area contributed by atoms with Crippen molar-refractivity contribution in [1.82, 2.24) is 10.2 Å². The van der Waals surface area contributed by atoms with Crippen molar-refractivity contribution in [1.29, 1.82) is 0 Å². The van der Waals surface area contributed by atoms with E-state index in [2.05, 4.69) is 15.6 Å². The summed E-state index contributed by atoms with van der Waals surface area (Å²) in [5.74, 6) is 1.00. The molecule has 3 aromatic rings. The van der Waals surface area contributed by atoms with Crippen molar-refractivity contribution in [3.8, 4) is 11.5 Å². The number of benzene rings is 2. The normalized spacial score (nSPS) is 13.5. The second kappa shape index (κ2) is 9.99. The third-order valence-electron chi connectivity index (χ3n) is 5.11. The summed E-state index contributed by atoms with van der Waals surface area (Å²) in [7, 11) is 1.60. The molecule has 0 radical (unpaired) electrons. The zero-order chi connectivity index (χ0) is 23.2. The number of nitrogens with one attached hydrogen (secondary N) is 1. The minimum Gasteiger partial charge on any atom is -0.493 e. The minimum atomic E-state index is -0.383. The van der Waals surface area contributed by atoms with Crippen LogP contribution >= 0.6 is 0 Å². The predicted molar refractivity (Wildman–Crippen MR) is 121 cm³/mol. The highest BCUT2D eigenvalue weighted by Crippen LogP contribution is 2.30. The van der Waals surface area contributed by atoms with E-state index in [0.717, 1.165) is 16.8 Å². The molecule has 0 saturated carbocycles. The molecule has 4 rings (SSSR count). The van der Waals surface area contributed by atoms with E-state index in [1.54, 1.807) is 19.2 Å². The maximum Gasteiger partial charge on any atom is 0.294 e. The Kier molecular flexibility index (Phi) is 6.68. The molecule has 0 bridgehead atoms. The number of amides is 2. The van der Waals surface area contributed by atoms with Crippen LogP contribution < -0.4 is 14.8 Å². The summed E-state index contributed by atoms with van der Waals surface area (Å²) in [6, 6.07) is 14.3. The highest BCUT2D eigenvalue weighted by Gasteiger charge is 2.22. The fourth-order valence-corrected chi connectivity index (χ4v) is 3.45. The van der Waals surface area contributed by atoms with Crippen molar-refractivity contribution in [2.45, 2.75) is 26.3 Å². The van der Waals surface area contributed by atoms with Gasteiger partial charge in [-0.3, -0.25) is 9.59 Å². The Hall–Kier alpha value is -4.14. The molecule has 2 heterocycles. The van der Waals surface area contributed by atoms with Gasteiger partial charge in [0.1, 0.15) is 0 Å². The molecule has 0 spiro atoms. The zero-order valence-corrected chi connectivity index (χ0v) is 18.4. The van der Waals surface area contributed by atoms with E-state index < -0.39 is 0 Å². The third-order valence-corrected chi connectivity index (χ3v) is 5.11. The van der Waals surface area contributed by atoms with E-state index in [0.29, 0.717) is 43.2 Å². The Labute approximate surface area is 191 Å². The largest absolute Gasteiger partial charge is 0.493 e. The minimum absolute atomic E-state index is 0.0417. The number of aromatic nitrogens is 1. The average Bonchev–Trinajstić information content (AvgIpc) is 3.37. The molecule has 1 aliphatic heterocycles. The lowest BCUT2D eigenvalue weighted by Gasteiger charge is -2.24. The highest BCUT2D eigenvalue weighted by atomic mass is 16.5. The number of hydrogen-bond acceptors (Lipinski definition) is 7. The lowest BCUT2D eigenvalue weighted by Crippen LogP contribution is -2.31. The van der Waals surface area contributed by atoms with Crippen molar-refractivity contribution < 1.29 is 23.6 Å². The van der Waals surface area contributed by atoms with Gasteiger partial charge in [0, 0.05) is 30.2 Å². The smallest absolute Gasteiger partial charge is 0.294 e. The molecule has 1 N–H and O–H groups in total. The van der Waals surface area contributed by atoms with Gasteiger partial charge in [-0.05, 0) is 42.8 Å². The number of rotatable bonds is 8. The summed E-state index contributed by atoms with van der Waals surface area (Å²) < 4.78 is 15.9. The molecule has 0 unspecified atom stereocenters. The number of methoxy groups -OCH3 is 1. The number of hydrazone groups is 1. The van der Waals surface area contributed by atoms with Gasteiger partial charge in [-0.1, -0.05) is 17.3 Å². The summed E-state index contributed by atoms with van der Waals surface area (Å²) >= 11 is 0. The van der Waals surface area contributed by atoms with Gasteiger partial charge in [0.15, 0.2) is 11.5 Å². The first-order valence-electron chi connectivity index (χ1n) is 10.6. The van der Waals surface area contributed by atoms with Gasteiger partial charge in [-0.25, -0.2) is 5.01 Å². The molecule has 2 amide bonds. The SMILES string of the molecule is CCOc1cc(C2=NN(Cc3ccc(NC(=O)c4ccno4)cc3)C(=O)CC2)ccc1OC. The van der Waals surface area contributed by atoms with Gasteiger partial charge in [-0.2, -0.15) is 5.10 Å². The Morgan fingerprint density at radius 2 is 1.94 bits per heavy atom. The van der Waals surface area contributed by atoms with Gasteiger partial charge in [-0.15, -0.1) is 0 Å². The van der Waals surface area contributed by atoms with Crippen LogP contribution in [0.15, 0.2) is 64.4 Å². The van der Waals surface area contributed by atoms with E-state index in [9.17, 15) is 9.59 Å². The first-order valence-corrected chi connectivity index (χ1v) is 10.6. The summed E-state index contributed by atoms with van der Waals surface area (Å²) in [5, 5.41) is 12.3. The van der Waals surface area contributed by atoms with Crippen LogP contribution in [0.4, 0.5) is 5.69 Å². The zero-order valence-electron chi connectivity index (χ0n) is 18.4. The Balaban J connectivity index is 1.47. The van der Waals surface area contributed by atoms with Crippen molar-refractivity contribution in [3.63, 3.8) is 0 Å². The Morgan fingerprint density at radius 1 is 1.12 bits per heavy atom. The lowest BCUT2D eigenvalue weighted by atomic mass is 10.0. The van der Waals surface area contributed by atoms with Crippen LogP contribution in [0.2, 0.25) is 0 Å². The average molecular weight is 448 g/mol. The molecule has 0 atom stereocenters. The summed E-state index contributed by atoms with van der Waals surface area (Å²) in [6.07, 6.45) is 2.34. The standard InChI is InChI=1S/C24H24N4O5/c1-3-32-22-14-17(6-10-20(22)31-2)19-9-11-23(29)28(27-19)15-16-4-7-18(8-5-16)26-24(30)21-12-13-25-33-21/h4-8,10,12-14H,3,9,11,15H2,1-2H3,(H,26,30). The van der Waals surface area contributed by atoms with Crippen LogP contribution in [0.5, 0.6) is 11.5 Å². The fourth-order valence-electron chi connectivity index (χ4n) is 3.45. The Bertz CT molecular complexity index is 1160. The van der Waals surface area contributed by atoms with Gasteiger partial charge in [0.25, 0.3) is 5.91 Å². The van der Waals surface area contributed by atoms with E-state index in [-0.39, 0.29) is 17.6 Å². The first-order chi connectivity index (χ1) is 16.1. The molecule has 0 fully saturated rings. The first kappa shape index (κ1) is 22.1. The molecular weight excluding hydrogens is 424 g/mol. The molecule has 0 saturated heterocycles. The molecule has 170 valence electrons. The van der Waals surface area contributed by atoms with E-state index in [1.165, 1.54) is 17.3 Å². The number of anilines is 1. The second-order valence-electron chi connectivity index (χ2n) is 7.32. The van der Waals surface area contributed by atoms with E-state index in [4.69, 9.17) is 14.0 Å². The van der Waals surface area contributed by atoms with Crippen LogP contribution in [0, 0.1) is 0 Å². The molecule has 2 aromatic carbocycles. The number of nitrogens with zero attached hydrogens (tertiary/aromatic N) is 3. The highest BCUT2D eigenvalue weighted by molar-refractivity contribution is 6.04. The Morgan fingerprint density at radius 3 is 2.64 bits per heavy atom. The molecular formula is C24H24N4O5. The second-order valence-corrected chi connectivity index (χ2v) is 7.32. The van der Waals surface area contributed by atoms with Crippen LogP contribution in [0.3, 0.4) is 0 Å². The monoisotopic (exact) mass is 448 g/mol. The summed E-state index contributed by atoms with van der Waals surface area (Å²) in [6.45, 7) is 2.76. The molecule has 0 aliphatic carbocycles. The number of carbonyl (C=O) groups is 2. The molecule has 9 nitrogen and oxygen atoms in total. The third kappa shape index (κ3) is 5.20. The van der Waals surface area contributed by atoms with Gasteiger partial charge >= 0.3 is 0 Å². The van der Waals surface area contributed by atoms with E-state index >= 15 is 0 Å². The number of carbonyl (C=O) groups excluding carboxylic acids is 2. The quantitative estimate of drug-likeness (QED) is 0.561. The predicted octanol–water partition coefficient (Wildman–Crippen LogP) is 3.86. The maximum atomic E-state index is 12.5.